The van der Waals surface area contributed by atoms with Crippen molar-refractivity contribution in [2.45, 2.75) is 39.6 Å². The van der Waals surface area contributed by atoms with Crippen molar-refractivity contribution in [2.24, 2.45) is 0 Å². The third kappa shape index (κ3) is 5.10. The van der Waals surface area contributed by atoms with Gasteiger partial charge in [-0.2, -0.15) is 13.8 Å². The Labute approximate surface area is 156 Å². The number of rotatable bonds is 8. The minimum atomic E-state index is -2.92. The molecule has 0 aliphatic carbocycles. The first-order valence-electron chi connectivity index (χ1n) is 8.67. The highest BCUT2D eigenvalue weighted by Crippen LogP contribution is 2.29. The van der Waals surface area contributed by atoms with Gasteiger partial charge in [-0.05, 0) is 31.5 Å². The summed E-state index contributed by atoms with van der Waals surface area (Å²) in [6, 6.07) is 16.8. The van der Waals surface area contributed by atoms with Crippen LogP contribution in [0.3, 0.4) is 0 Å². The average Bonchev–Trinajstić information content (AvgIpc) is 3.10. The van der Waals surface area contributed by atoms with Gasteiger partial charge in [0.2, 0.25) is 11.7 Å². The van der Waals surface area contributed by atoms with Crippen molar-refractivity contribution in [2.75, 3.05) is 0 Å². The van der Waals surface area contributed by atoms with E-state index in [2.05, 4.69) is 45.8 Å². The van der Waals surface area contributed by atoms with Crippen LogP contribution in [0, 0.1) is 0 Å². The first kappa shape index (κ1) is 19.0. The fraction of sp³-hybridized carbons (Fsp3) is 0.300. The molecule has 0 spiro atoms. The largest absolute Gasteiger partial charge is 0.434 e. The molecule has 2 aromatic carbocycles. The SMILES string of the molecule is CC(C)N(Cc1ccccc1)Cc1nc(-c2ccccc2OC(F)F)no1. The molecule has 3 rings (SSSR count). The van der Waals surface area contributed by atoms with Crippen LogP contribution in [-0.2, 0) is 13.1 Å². The van der Waals surface area contributed by atoms with Crippen LogP contribution in [0.25, 0.3) is 11.4 Å². The Morgan fingerprint density at radius 1 is 1.00 bits per heavy atom. The van der Waals surface area contributed by atoms with Gasteiger partial charge >= 0.3 is 6.61 Å². The molecule has 27 heavy (non-hydrogen) atoms. The number of nitrogens with zero attached hydrogens (tertiary/aromatic N) is 3. The van der Waals surface area contributed by atoms with E-state index in [0.29, 0.717) is 18.0 Å². The molecule has 3 aromatic rings. The van der Waals surface area contributed by atoms with Crippen LogP contribution < -0.4 is 4.74 Å². The zero-order valence-electron chi connectivity index (χ0n) is 15.2. The number of hydrogen-bond acceptors (Lipinski definition) is 5. The molecule has 0 N–H and O–H groups in total. The van der Waals surface area contributed by atoms with E-state index in [1.807, 2.05) is 18.2 Å². The monoisotopic (exact) mass is 373 g/mol. The molecule has 1 aromatic heterocycles. The highest BCUT2D eigenvalue weighted by atomic mass is 19.3. The predicted molar refractivity (Wildman–Crippen MR) is 97.2 cm³/mol. The van der Waals surface area contributed by atoms with Crippen molar-refractivity contribution in [3.63, 3.8) is 0 Å². The van der Waals surface area contributed by atoms with Gasteiger partial charge in [0.05, 0.1) is 12.1 Å². The normalized spacial score (nSPS) is 11.5. The lowest BCUT2D eigenvalue weighted by Gasteiger charge is -2.24. The second-order valence-electron chi connectivity index (χ2n) is 6.37. The standard InChI is InChI=1S/C20H21F2N3O2/c1-14(2)25(12-15-8-4-3-5-9-15)13-18-23-19(24-27-18)16-10-6-7-11-17(16)26-20(21)22/h3-11,14,20H,12-13H2,1-2H3. The fourth-order valence-corrected chi connectivity index (χ4v) is 2.69. The van der Waals surface area contributed by atoms with E-state index in [0.717, 1.165) is 6.54 Å². The molecular formula is C20H21F2N3O2. The van der Waals surface area contributed by atoms with Crippen molar-refractivity contribution in [3.05, 3.63) is 66.1 Å². The second-order valence-corrected chi connectivity index (χ2v) is 6.37. The van der Waals surface area contributed by atoms with Gasteiger partial charge in [-0.25, -0.2) is 0 Å². The van der Waals surface area contributed by atoms with Crippen molar-refractivity contribution < 1.29 is 18.0 Å². The Bertz CT molecular complexity index is 853. The van der Waals surface area contributed by atoms with Gasteiger partial charge in [-0.15, -0.1) is 0 Å². The zero-order chi connectivity index (χ0) is 19.2. The molecule has 1 heterocycles. The lowest BCUT2D eigenvalue weighted by Crippen LogP contribution is -2.29. The topological polar surface area (TPSA) is 51.4 Å². The summed E-state index contributed by atoms with van der Waals surface area (Å²) in [6.45, 7) is 2.45. The molecule has 0 bridgehead atoms. The predicted octanol–water partition coefficient (Wildman–Crippen LogP) is 4.75. The Morgan fingerprint density at radius 3 is 2.41 bits per heavy atom. The molecule has 142 valence electrons. The lowest BCUT2D eigenvalue weighted by molar-refractivity contribution is -0.0494. The first-order valence-corrected chi connectivity index (χ1v) is 8.67. The van der Waals surface area contributed by atoms with E-state index in [-0.39, 0.29) is 17.6 Å². The quantitative estimate of drug-likeness (QED) is 0.570. The maximum atomic E-state index is 12.6. The first-order chi connectivity index (χ1) is 13.0. The van der Waals surface area contributed by atoms with Crippen LogP contribution in [0.15, 0.2) is 59.1 Å². The molecule has 0 amide bonds. The maximum absolute atomic E-state index is 12.6. The molecule has 0 saturated carbocycles. The average molecular weight is 373 g/mol. The minimum absolute atomic E-state index is 0.0184. The third-order valence-corrected chi connectivity index (χ3v) is 4.11. The number of ether oxygens (including phenoxy) is 1. The maximum Gasteiger partial charge on any atom is 0.387 e. The van der Waals surface area contributed by atoms with E-state index in [4.69, 9.17) is 4.52 Å². The fourth-order valence-electron chi connectivity index (χ4n) is 2.69. The van der Waals surface area contributed by atoms with E-state index in [1.165, 1.54) is 11.6 Å². The van der Waals surface area contributed by atoms with E-state index in [1.54, 1.807) is 18.2 Å². The summed E-state index contributed by atoms with van der Waals surface area (Å²) >= 11 is 0. The van der Waals surface area contributed by atoms with Crippen LogP contribution in [0.4, 0.5) is 8.78 Å². The summed E-state index contributed by atoms with van der Waals surface area (Å²) in [5, 5.41) is 3.94. The molecule has 5 nitrogen and oxygen atoms in total. The van der Waals surface area contributed by atoms with Gasteiger partial charge in [-0.3, -0.25) is 4.90 Å². The third-order valence-electron chi connectivity index (χ3n) is 4.11. The zero-order valence-corrected chi connectivity index (χ0v) is 15.2. The highest BCUT2D eigenvalue weighted by molar-refractivity contribution is 5.63. The van der Waals surface area contributed by atoms with Gasteiger partial charge < -0.3 is 9.26 Å². The number of alkyl halides is 2. The van der Waals surface area contributed by atoms with Gasteiger partial charge in [0.15, 0.2) is 0 Å². The lowest BCUT2D eigenvalue weighted by atomic mass is 10.2. The van der Waals surface area contributed by atoms with Gasteiger partial charge in [0.1, 0.15) is 5.75 Å². The summed E-state index contributed by atoms with van der Waals surface area (Å²) in [5.41, 5.74) is 1.55. The molecule has 0 aliphatic heterocycles. The minimum Gasteiger partial charge on any atom is -0.434 e. The van der Waals surface area contributed by atoms with Crippen LogP contribution in [-0.4, -0.2) is 27.7 Å². The molecule has 0 aliphatic rings. The van der Waals surface area contributed by atoms with E-state index < -0.39 is 6.61 Å². The van der Waals surface area contributed by atoms with Crippen molar-refractivity contribution in [1.82, 2.24) is 15.0 Å². The summed E-state index contributed by atoms with van der Waals surface area (Å²) in [5.74, 6) is 0.663. The van der Waals surface area contributed by atoms with Crippen LogP contribution in [0.1, 0.15) is 25.3 Å². The Balaban J connectivity index is 1.77. The van der Waals surface area contributed by atoms with Gasteiger partial charge in [0, 0.05) is 12.6 Å². The molecule has 0 fully saturated rings. The number of hydrogen-bond donors (Lipinski definition) is 0. The molecule has 7 heteroatoms. The summed E-state index contributed by atoms with van der Waals surface area (Å²) in [4.78, 5) is 6.56. The summed E-state index contributed by atoms with van der Waals surface area (Å²) < 4.78 is 35.1. The molecule has 0 saturated heterocycles. The number of benzene rings is 2. The molecule has 0 radical (unpaired) electrons. The van der Waals surface area contributed by atoms with Gasteiger partial charge in [-0.1, -0.05) is 47.6 Å². The van der Waals surface area contributed by atoms with Gasteiger partial charge in [0.25, 0.3) is 0 Å². The number of aromatic nitrogens is 2. The Kier molecular flexibility index (Phi) is 6.13. The smallest absolute Gasteiger partial charge is 0.387 e. The second kappa shape index (κ2) is 8.73. The van der Waals surface area contributed by atoms with Crippen molar-refractivity contribution >= 4 is 0 Å². The van der Waals surface area contributed by atoms with Crippen LogP contribution in [0.2, 0.25) is 0 Å². The molecule has 0 unspecified atom stereocenters. The van der Waals surface area contributed by atoms with Crippen molar-refractivity contribution in [3.8, 4) is 17.1 Å². The summed E-state index contributed by atoms with van der Waals surface area (Å²) in [6.07, 6.45) is 0. The highest BCUT2D eigenvalue weighted by Gasteiger charge is 2.18. The van der Waals surface area contributed by atoms with E-state index in [9.17, 15) is 8.78 Å². The number of para-hydroxylation sites is 1. The van der Waals surface area contributed by atoms with Crippen LogP contribution in [0.5, 0.6) is 5.75 Å². The molecule has 0 atom stereocenters. The number of halogens is 2. The molecular weight excluding hydrogens is 352 g/mol. The van der Waals surface area contributed by atoms with Crippen molar-refractivity contribution in [1.29, 1.82) is 0 Å². The Hall–Kier alpha value is -2.80. The Morgan fingerprint density at radius 2 is 1.70 bits per heavy atom. The van der Waals surface area contributed by atoms with Crippen LogP contribution >= 0.6 is 0 Å². The summed E-state index contributed by atoms with van der Waals surface area (Å²) in [7, 11) is 0. The van der Waals surface area contributed by atoms with E-state index >= 15 is 0 Å².